The van der Waals surface area contributed by atoms with Gasteiger partial charge in [-0.2, -0.15) is 0 Å². The Bertz CT molecular complexity index is 411. The number of hydrogen-bond donors (Lipinski definition) is 0. The summed E-state index contributed by atoms with van der Waals surface area (Å²) in [7, 11) is 4.02. The normalized spacial score (nSPS) is 18.3. The summed E-state index contributed by atoms with van der Waals surface area (Å²) in [6, 6.07) is 0. The van der Waals surface area contributed by atoms with Gasteiger partial charge in [-0.3, -0.25) is 0 Å². The highest BCUT2D eigenvalue weighted by Gasteiger charge is 2.25. The third-order valence-electron chi connectivity index (χ3n) is 2.52. The minimum atomic E-state index is 0.134. The van der Waals surface area contributed by atoms with Crippen LogP contribution < -0.4 is 0 Å². The lowest BCUT2D eigenvalue weighted by atomic mass is 9.97. The summed E-state index contributed by atoms with van der Waals surface area (Å²) in [4.78, 5) is 2.02. The molecule has 1 aliphatic carbocycles. The zero-order chi connectivity index (χ0) is 12.9. The van der Waals surface area contributed by atoms with Gasteiger partial charge in [0, 0.05) is 25.7 Å². The predicted molar refractivity (Wildman–Crippen MR) is 76.6 cm³/mol. The van der Waals surface area contributed by atoms with Crippen LogP contribution in [0, 0.1) is 5.41 Å². The van der Waals surface area contributed by atoms with E-state index < -0.39 is 0 Å². The quantitative estimate of drug-likeness (QED) is 0.492. The second kappa shape index (κ2) is 5.53. The highest BCUT2D eigenvalue weighted by molar-refractivity contribution is 5.50. The molecule has 0 bridgehead atoms. The fourth-order valence-electron chi connectivity index (χ4n) is 1.49. The van der Waals surface area contributed by atoms with Crippen LogP contribution in [0.1, 0.15) is 6.92 Å². The molecule has 0 atom stereocenters. The molecule has 0 fully saturated rings. The predicted octanol–water partition coefficient (Wildman–Crippen LogP) is 3.86. The Morgan fingerprint density at radius 1 is 1.18 bits per heavy atom. The second-order valence-corrected chi connectivity index (χ2v) is 4.65. The van der Waals surface area contributed by atoms with Crippen molar-refractivity contribution >= 4 is 0 Å². The average molecular weight is 227 g/mol. The Labute approximate surface area is 105 Å². The van der Waals surface area contributed by atoms with E-state index in [-0.39, 0.29) is 5.41 Å². The van der Waals surface area contributed by atoms with E-state index in [1.54, 1.807) is 6.08 Å². The highest BCUT2D eigenvalue weighted by atomic mass is 15.0. The van der Waals surface area contributed by atoms with Crippen LogP contribution in [-0.4, -0.2) is 19.0 Å². The zero-order valence-electron chi connectivity index (χ0n) is 11.0. The molecule has 0 saturated heterocycles. The largest absolute Gasteiger partial charge is 0.383 e. The fourth-order valence-corrected chi connectivity index (χ4v) is 1.49. The smallest absolute Gasteiger partial charge is 0.0223 e. The summed E-state index contributed by atoms with van der Waals surface area (Å²) in [5.74, 6) is 0. The Morgan fingerprint density at radius 3 is 2.24 bits per heavy atom. The molecule has 0 N–H and O–H groups in total. The third kappa shape index (κ3) is 4.31. The maximum Gasteiger partial charge on any atom is 0.0223 e. The first kappa shape index (κ1) is 13.3. The Balaban J connectivity index is 3.04. The van der Waals surface area contributed by atoms with Crippen LogP contribution >= 0.6 is 0 Å². The number of nitrogens with zero attached hydrogens (tertiary/aromatic N) is 1. The molecule has 0 amide bonds. The SMILES string of the molecule is C=C\C=C/C(=C\C1(C)C=C1)C(/C=C)=C/N(C)C. The first-order valence-corrected chi connectivity index (χ1v) is 5.74. The van der Waals surface area contributed by atoms with Gasteiger partial charge >= 0.3 is 0 Å². The van der Waals surface area contributed by atoms with Gasteiger partial charge in [-0.25, -0.2) is 0 Å². The topological polar surface area (TPSA) is 3.24 Å². The Morgan fingerprint density at radius 2 is 1.82 bits per heavy atom. The third-order valence-corrected chi connectivity index (χ3v) is 2.52. The van der Waals surface area contributed by atoms with E-state index >= 15 is 0 Å². The van der Waals surface area contributed by atoms with Crippen molar-refractivity contribution in [1.29, 1.82) is 0 Å². The lowest BCUT2D eigenvalue weighted by Crippen LogP contribution is -2.03. The summed E-state index contributed by atoms with van der Waals surface area (Å²) in [5.41, 5.74) is 2.42. The molecule has 1 nitrogen and oxygen atoms in total. The van der Waals surface area contributed by atoms with Gasteiger partial charge in [-0.05, 0) is 18.1 Å². The van der Waals surface area contributed by atoms with Gasteiger partial charge in [-0.15, -0.1) is 0 Å². The van der Waals surface area contributed by atoms with E-state index in [4.69, 9.17) is 0 Å². The van der Waals surface area contributed by atoms with Crippen molar-refractivity contribution in [3.63, 3.8) is 0 Å². The maximum absolute atomic E-state index is 3.88. The van der Waals surface area contributed by atoms with Crippen LogP contribution in [-0.2, 0) is 0 Å². The van der Waals surface area contributed by atoms with Gasteiger partial charge in [0.1, 0.15) is 0 Å². The Hall–Kier alpha value is -1.76. The van der Waals surface area contributed by atoms with Gasteiger partial charge in [0.25, 0.3) is 0 Å². The van der Waals surface area contributed by atoms with Gasteiger partial charge in [-0.1, -0.05) is 55.7 Å². The maximum atomic E-state index is 3.88. The van der Waals surface area contributed by atoms with Crippen LogP contribution in [0.3, 0.4) is 0 Å². The summed E-state index contributed by atoms with van der Waals surface area (Å²) < 4.78 is 0. The minimum absolute atomic E-state index is 0.134. The van der Waals surface area contributed by atoms with Crippen LogP contribution in [0.15, 0.2) is 73.0 Å². The molecule has 0 radical (unpaired) electrons. The summed E-state index contributed by atoms with van der Waals surface area (Å²) >= 11 is 0. The molecule has 0 heterocycles. The molecule has 0 aromatic carbocycles. The summed E-state index contributed by atoms with van der Waals surface area (Å²) in [6.07, 6.45) is 16.4. The molecule has 0 aliphatic heterocycles. The van der Waals surface area contributed by atoms with Crippen molar-refractivity contribution in [2.24, 2.45) is 5.41 Å². The highest BCUT2D eigenvalue weighted by Crippen LogP contribution is 2.37. The second-order valence-electron chi connectivity index (χ2n) is 4.65. The van der Waals surface area contributed by atoms with E-state index in [1.807, 2.05) is 31.1 Å². The molecule has 0 aromatic heterocycles. The first-order chi connectivity index (χ1) is 8.00. The van der Waals surface area contributed by atoms with E-state index in [1.165, 1.54) is 5.57 Å². The number of rotatable bonds is 6. The van der Waals surface area contributed by atoms with Crippen molar-refractivity contribution in [3.05, 3.63) is 73.0 Å². The monoisotopic (exact) mass is 227 g/mol. The standard InChI is InChI=1S/C16H21N/c1-6-8-9-15(12-16(3)10-11-16)14(7-2)13-17(4)5/h6-13H,1-2H2,3-5H3/b9-8-,14-13+,15-12+. The first-order valence-electron chi connectivity index (χ1n) is 5.74. The zero-order valence-corrected chi connectivity index (χ0v) is 11.0. The van der Waals surface area contributed by atoms with Crippen LogP contribution in [0.2, 0.25) is 0 Å². The van der Waals surface area contributed by atoms with Crippen molar-refractivity contribution in [3.8, 4) is 0 Å². The van der Waals surface area contributed by atoms with E-state index in [9.17, 15) is 0 Å². The molecule has 0 spiro atoms. The van der Waals surface area contributed by atoms with Gasteiger partial charge < -0.3 is 4.90 Å². The number of allylic oxidation sites excluding steroid dienone is 9. The molecule has 1 aliphatic rings. The van der Waals surface area contributed by atoms with Crippen LogP contribution in [0.4, 0.5) is 0 Å². The van der Waals surface area contributed by atoms with E-state index in [0.717, 1.165) is 5.57 Å². The van der Waals surface area contributed by atoms with Crippen LogP contribution in [0.25, 0.3) is 0 Å². The molecule has 1 rings (SSSR count). The summed E-state index contributed by atoms with van der Waals surface area (Å²) in [5, 5.41) is 0. The lowest BCUT2D eigenvalue weighted by Gasteiger charge is -2.12. The molecule has 0 unspecified atom stereocenters. The van der Waals surface area contributed by atoms with Gasteiger partial charge in [0.15, 0.2) is 0 Å². The van der Waals surface area contributed by atoms with Crippen molar-refractivity contribution in [2.75, 3.05) is 14.1 Å². The lowest BCUT2D eigenvalue weighted by molar-refractivity contribution is 0.560. The van der Waals surface area contributed by atoms with Crippen LogP contribution in [0.5, 0.6) is 0 Å². The molecule has 17 heavy (non-hydrogen) atoms. The molecule has 0 saturated carbocycles. The van der Waals surface area contributed by atoms with Gasteiger partial charge in [0.2, 0.25) is 0 Å². The molecular formula is C16H21N. The van der Waals surface area contributed by atoms with Crippen molar-refractivity contribution < 1.29 is 0 Å². The Kier molecular flexibility index (Phi) is 4.33. The minimum Gasteiger partial charge on any atom is -0.383 e. The molecule has 0 aromatic rings. The van der Waals surface area contributed by atoms with E-state index in [2.05, 4.69) is 50.6 Å². The average Bonchev–Trinajstić information content (AvgIpc) is 2.99. The molecule has 1 heteroatoms. The van der Waals surface area contributed by atoms with Crippen molar-refractivity contribution in [1.82, 2.24) is 4.90 Å². The van der Waals surface area contributed by atoms with E-state index in [0.29, 0.717) is 0 Å². The van der Waals surface area contributed by atoms with Gasteiger partial charge in [0.05, 0.1) is 0 Å². The molecular weight excluding hydrogens is 206 g/mol. The molecule has 90 valence electrons. The number of hydrogen-bond acceptors (Lipinski definition) is 1. The summed E-state index contributed by atoms with van der Waals surface area (Å²) in [6.45, 7) is 9.77. The fraction of sp³-hybridized carbons (Fsp3) is 0.250. The van der Waals surface area contributed by atoms with Crippen molar-refractivity contribution in [2.45, 2.75) is 6.92 Å².